The first-order chi connectivity index (χ1) is 9.11. The maximum Gasteiger partial charge on any atom is 0.123 e. The Bertz CT molecular complexity index is 409. The van der Waals surface area contributed by atoms with Crippen molar-refractivity contribution in [1.82, 2.24) is 10.4 Å². The van der Waals surface area contributed by atoms with Crippen LogP contribution in [-0.2, 0) is 11.2 Å². The van der Waals surface area contributed by atoms with Crippen molar-refractivity contribution in [3.05, 3.63) is 35.6 Å². The van der Waals surface area contributed by atoms with Gasteiger partial charge in [-0.3, -0.25) is 0 Å². The zero-order valence-corrected chi connectivity index (χ0v) is 11.4. The fraction of sp³-hybridized carbons (Fsp3) is 0.571. The Morgan fingerprint density at radius 1 is 1.42 bits per heavy atom. The van der Waals surface area contributed by atoms with Crippen LogP contribution in [0.2, 0.25) is 0 Å². The van der Waals surface area contributed by atoms with Crippen LogP contribution in [0.25, 0.3) is 0 Å². The molecule has 0 radical (unpaired) electrons. The van der Waals surface area contributed by atoms with E-state index in [9.17, 15) is 4.39 Å². The van der Waals surface area contributed by atoms with E-state index in [1.807, 2.05) is 6.07 Å². The molecule has 19 heavy (non-hydrogen) atoms. The van der Waals surface area contributed by atoms with E-state index in [2.05, 4.69) is 17.4 Å². The summed E-state index contributed by atoms with van der Waals surface area (Å²) in [5, 5.41) is 2.13. The predicted octanol–water partition coefficient (Wildman–Crippen LogP) is 0.922. The third kappa shape index (κ3) is 4.24. The van der Waals surface area contributed by atoms with Crippen LogP contribution in [-0.4, -0.2) is 43.4 Å². The van der Waals surface area contributed by atoms with Gasteiger partial charge in [0.25, 0.3) is 0 Å². The van der Waals surface area contributed by atoms with Crippen LogP contribution < -0.4 is 11.2 Å². The maximum atomic E-state index is 13.2. The molecule has 1 aromatic rings. The van der Waals surface area contributed by atoms with Gasteiger partial charge in [0.1, 0.15) is 5.82 Å². The van der Waals surface area contributed by atoms with Crippen LogP contribution in [0.1, 0.15) is 12.5 Å². The Hall–Kier alpha value is -1.01. The largest absolute Gasteiger partial charge is 0.379 e. The summed E-state index contributed by atoms with van der Waals surface area (Å²) in [5.41, 5.74) is 10.0. The number of hydrogen-bond donors (Lipinski definition) is 2. The topological polar surface area (TPSA) is 50.5 Å². The van der Waals surface area contributed by atoms with Crippen LogP contribution in [0, 0.1) is 5.82 Å². The number of hydrazine groups is 1. The van der Waals surface area contributed by atoms with E-state index < -0.39 is 0 Å². The molecule has 1 heterocycles. The summed E-state index contributed by atoms with van der Waals surface area (Å²) in [4.78, 5) is 0. The van der Waals surface area contributed by atoms with Gasteiger partial charge in [0.05, 0.1) is 13.2 Å². The summed E-state index contributed by atoms with van der Waals surface area (Å²) in [6.45, 7) is 5.70. The van der Waals surface area contributed by atoms with Crippen LogP contribution in [0.4, 0.5) is 4.39 Å². The average Bonchev–Trinajstić information content (AvgIpc) is 2.40. The van der Waals surface area contributed by atoms with Gasteiger partial charge in [-0.1, -0.05) is 12.1 Å². The van der Waals surface area contributed by atoms with Gasteiger partial charge in [-0.15, -0.1) is 0 Å². The summed E-state index contributed by atoms with van der Waals surface area (Å²) >= 11 is 0. The zero-order chi connectivity index (χ0) is 13.7. The molecule has 1 unspecified atom stereocenters. The molecule has 4 nitrogen and oxygen atoms in total. The molecule has 1 fully saturated rings. The SMILES string of the molecule is CC(CN)(Cc1cccc(F)c1)NN1CCOCC1. The second-order valence-corrected chi connectivity index (χ2v) is 5.28. The molecule has 3 N–H and O–H groups in total. The highest BCUT2D eigenvalue weighted by Crippen LogP contribution is 2.14. The number of morpholine rings is 1. The van der Waals surface area contributed by atoms with Gasteiger partial charge < -0.3 is 10.5 Å². The monoisotopic (exact) mass is 267 g/mol. The number of nitrogens with zero attached hydrogens (tertiary/aromatic N) is 1. The number of ether oxygens (including phenoxy) is 1. The minimum absolute atomic E-state index is 0.205. The highest BCUT2D eigenvalue weighted by Gasteiger charge is 2.26. The highest BCUT2D eigenvalue weighted by atomic mass is 19.1. The van der Waals surface area contributed by atoms with Crippen LogP contribution in [0.3, 0.4) is 0 Å². The lowest BCUT2D eigenvalue weighted by Gasteiger charge is -2.38. The molecule has 1 aliphatic rings. The molecule has 1 aliphatic heterocycles. The number of nitrogens with two attached hydrogens (primary N) is 1. The second kappa shape index (κ2) is 6.43. The van der Waals surface area contributed by atoms with Crippen molar-refractivity contribution in [2.24, 2.45) is 5.73 Å². The lowest BCUT2D eigenvalue weighted by atomic mass is 9.93. The Kier molecular flexibility index (Phi) is 4.87. The fourth-order valence-corrected chi connectivity index (χ4v) is 2.31. The molecule has 1 aromatic carbocycles. The normalized spacial score (nSPS) is 20.2. The minimum atomic E-state index is -0.273. The summed E-state index contributed by atoms with van der Waals surface area (Å²) in [6.07, 6.45) is 0.693. The van der Waals surface area contributed by atoms with Gasteiger partial charge in [-0.05, 0) is 31.0 Å². The average molecular weight is 267 g/mol. The molecule has 0 aliphatic carbocycles. The molecule has 0 saturated carbocycles. The highest BCUT2D eigenvalue weighted by molar-refractivity contribution is 5.19. The van der Waals surface area contributed by atoms with E-state index >= 15 is 0 Å². The van der Waals surface area contributed by atoms with Crippen molar-refractivity contribution in [2.75, 3.05) is 32.8 Å². The van der Waals surface area contributed by atoms with Crippen LogP contribution >= 0.6 is 0 Å². The van der Waals surface area contributed by atoms with Gasteiger partial charge in [0, 0.05) is 25.2 Å². The first-order valence-electron chi connectivity index (χ1n) is 6.66. The molecule has 0 bridgehead atoms. The maximum absolute atomic E-state index is 13.2. The van der Waals surface area contributed by atoms with E-state index in [0.29, 0.717) is 13.0 Å². The number of benzene rings is 1. The Balaban J connectivity index is 2.00. The van der Waals surface area contributed by atoms with E-state index in [4.69, 9.17) is 10.5 Å². The van der Waals surface area contributed by atoms with E-state index in [-0.39, 0.29) is 11.4 Å². The fourth-order valence-electron chi connectivity index (χ4n) is 2.31. The Morgan fingerprint density at radius 2 is 2.16 bits per heavy atom. The van der Waals surface area contributed by atoms with Crippen molar-refractivity contribution in [1.29, 1.82) is 0 Å². The predicted molar refractivity (Wildman–Crippen MR) is 73.1 cm³/mol. The molecule has 1 saturated heterocycles. The smallest absolute Gasteiger partial charge is 0.123 e. The van der Waals surface area contributed by atoms with Crippen molar-refractivity contribution < 1.29 is 9.13 Å². The third-order valence-corrected chi connectivity index (χ3v) is 3.37. The molecular formula is C14H22FN3O. The Morgan fingerprint density at radius 3 is 2.79 bits per heavy atom. The number of halogens is 1. The number of hydrogen-bond acceptors (Lipinski definition) is 4. The van der Waals surface area contributed by atoms with Gasteiger partial charge in [-0.2, -0.15) is 0 Å². The second-order valence-electron chi connectivity index (χ2n) is 5.28. The van der Waals surface area contributed by atoms with E-state index in [0.717, 1.165) is 31.9 Å². The minimum Gasteiger partial charge on any atom is -0.379 e. The van der Waals surface area contributed by atoms with Gasteiger partial charge in [0.2, 0.25) is 0 Å². The van der Waals surface area contributed by atoms with E-state index in [1.165, 1.54) is 6.07 Å². The standard InChI is InChI=1S/C14H22FN3O/c1-14(11-16,17-18-5-7-19-8-6-18)10-12-3-2-4-13(15)9-12/h2-4,9,17H,5-8,10-11,16H2,1H3. The zero-order valence-electron chi connectivity index (χ0n) is 11.4. The molecule has 5 heteroatoms. The van der Waals surface area contributed by atoms with Crippen LogP contribution in [0.5, 0.6) is 0 Å². The molecule has 106 valence electrons. The number of rotatable bonds is 5. The van der Waals surface area contributed by atoms with Crippen LogP contribution in [0.15, 0.2) is 24.3 Å². The first kappa shape index (κ1) is 14.4. The Labute approximate surface area is 113 Å². The summed E-state index contributed by atoms with van der Waals surface area (Å²) in [7, 11) is 0. The van der Waals surface area contributed by atoms with Gasteiger partial charge in [0.15, 0.2) is 0 Å². The van der Waals surface area contributed by atoms with Gasteiger partial charge >= 0.3 is 0 Å². The first-order valence-corrected chi connectivity index (χ1v) is 6.66. The summed E-state index contributed by atoms with van der Waals surface area (Å²) < 4.78 is 18.5. The third-order valence-electron chi connectivity index (χ3n) is 3.37. The molecule has 0 aromatic heterocycles. The lowest BCUT2D eigenvalue weighted by Crippen LogP contribution is -2.60. The van der Waals surface area contributed by atoms with Crippen molar-refractivity contribution in [2.45, 2.75) is 18.9 Å². The molecular weight excluding hydrogens is 245 g/mol. The molecule has 0 spiro atoms. The lowest BCUT2D eigenvalue weighted by molar-refractivity contribution is -0.00883. The molecule has 0 amide bonds. The summed E-state index contributed by atoms with van der Waals surface area (Å²) in [5.74, 6) is -0.205. The summed E-state index contributed by atoms with van der Waals surface area (Å²) in [6, 6.07) is 6.68. The molecule has 2 rings (SSSR count). The van der Waals surface area contributed by atoms with Crippen molar-refractivity contribution >= 4 is 0 Å². The number of nitrogens with one attached hydrogen (secondary N) is 1. The van der Waals surface area contributed by atoms with Crippen molar-refractivity contribution in [3.8, 4) is 0 Å². The van der Waals surface area contributed by atoms with Crippen molar-refractivity contribution in [3.63, 3.8) is 0 Å². The van der Waals surface area contributed by atoms with E-state index in [1.54, 1.807) is 12.1 Å². The van der Waals surface area contributed by atoms with Gasteiger partial charge in [-0.25, -0.2) is 14.8 Å². The molecule has 1 atom stereocenters. The quantitative estimate of drug-likeness (QED) is 0.833.